The van der Waals surface area contributed by atoms with E-state index in [1.54, 1.807) is 11.3 Å². The molecule has 1 aromatic rings. The summed E-state index contributed by atoms with van der Waals surface area (Å²) in [4.78, 5) is 12.7. The van der Waals surface area contributed by atoms with Crippen molar-refractivity contribution in [2.24, 2.45) is 0 Å². The van der Waals surface area contributed by atoms with Crippen LogP contribution in [0.1, 0.15) is 31.1 Å². The van der Waals surface area contributed by atoms with E-state index in [0.717, 1.165) is 19.3 Å². The molecule has 1 atom stereocenters. The Morgan fingerprint density at radius 2 is 2.44 bits per heavy atom. The molecular weight excluding hydrogens is 222 g/mol. The maximum atomic E-state index is 11.4. The quantitative estimate of drug-likeness (QED) is 0.766. The minimum atomic E-state index is -0.407. The number of aryl methyl sites for hydroxylation is 1. The first-order valence-corrected chi connectivity index (χ1v) is 6.57. The number of nitrogens with one attached hydrogen (secondary N) is 1. The van der Waals surface area contributed by atoms with Crippen LogP contribution in [-0.4, -0.2) is 23.7 Å². The van der Waals surface area contributed by atoms with Crippen molar-refractivity contribution in [3.05, 3.63) is 22.4 Å². The summed E-state index contributed by atoms with van der Waals surface area (Å²) in [5.74, 6) is 0.0172. The van der Waals surface area contributed by atoms with Crippen LogP contribution in [0.15, 0.2) is 17.5 Å². The number of amides is 1. The lowest BCUT2D eigenvalue weighted by Crippen LogP contribution is -2.32. The number of aliphatic hydroxyl groups is 1. The lowest BCUT2D eigenvalue weighted by Gasteiger charge is -2.10. The number of thiophene rings is 1. The number of rotatable bonds is 7. The fraction of sp³-hybridized carbons (Fsp3) is 0.583. The van der Waals surface area contributed by atoms with Crippen LogP contribution in [0.2, 0.25) is 0 Å². The molecule has 1 aromatic heterocycles. The van der Waals surface area contributed by atoms with Crippen molar-refractivity contribution in [1.29, 1.82) is 0 Å². The molecule has 1 rings (SSSR count). The highest BCUT2D eigenvalue weighted by Crippen LogP contribution is 2.10. The summed E-state index contributed by atoms with van der Waals surface area (Å²) in [5, 5.41) is 14.2. The summed E-state index contributed by atoms with van der Waals surface area (Å²) in [5.41, 5.74) is 0. The fourth-order valence-corrected chi connectivity index (χ4v) is 2.16. The molecule has 16 heavy (non-hydrogen) atoms. The van der Waals surface area contributed by atoms with E-state index in [1.807, 2.05) is 24.4 Å². The third-order valence-electron chi connectivity index (χ3n) is 2.34. The van der Waals surface area contributed by atoms with Crippen molar-refractivity contribution >= 4 is 17.2 Å². The van der Waals surface area contributed by atoms with Gasteiger partial charge < -0.3 is 10.4 Å². The monoisotopic (exact) mass is 241 g/mol. The predicted molar refractivity (Wildman–Crippen MR) is 66.6 cm³/mol. The average Bonchev–Trinajstić information content (AvgIpc) is 2.77. The molecule has 1 unspecified atom stereocenters. The van der Waals surface area contributed by atoms with E-state index in [1.165, 1.54) is 4.88 Å². The normalized spacial score (nSPS) is 12.4. The van der Waals surface area contributed by atoms with Crippen LogP contribution in [0.25, 0.3) is 0 Å². The van der Waals surface area contributed by atoms with Crippen molar-refractivity contribution in [3.63, 3.8) is 0 Å². The molecule has 0 bridgehead atoms. The van der Waals surface area contributed by atoms with Gasteiger partial charge in [-0.1, -0.05) is 19.4 Å². The van der Waals surface area contributed by atoms with Crippen molar-refractivity contribution in [3.8, 4) is 0 Å². The van der Waals surface area contributed by atoms with Crippen LogP contribution in [0.4, 0.5) is 0 Å². The van der Waals surface area contributed by atoms with Gasteiger partial charge in [-0.25, -0.2) is 0 Å². The molecule has 0 aliphatic rings. The zero-order valence-corrected chi connectivity index (χ0v) is 10.4. The summed E-state index contributed by atoms with van der Waals surface area (Å²) in [6.07, 6.45) is 2.56. The molecule has 0 aromatic carbocycles. The van der Waals surface area contributed by atoms with Crippen molar-refractivity contribution < 1.29 is 9.90 Å². The number of aliphatic hydroxyl groups excluding tert-OH is 1. The summed E-state index contributed by atoms with van der Waals surface area (Å²) in [6, 6.07) is 4.02. The number of hydrogen-bond acceptors (Lipinski definition) is 3. The molecule has 3 nitrogen and oxygen atoms in total. The molecule has 90 valence electrons. The molecule has 0 fully saturated rings. The van der Waals surface area contributed by atoms with Crippen LogP contribution in [0.5, 0.6) is 0 Å². The Bertz CT molecular complexity index is 298. The first-order valence-electron chi connectivity index (χ1n) is 5.69. The van der Waals surface area contributed by atoms with Gasteiger partial charge in [0.05, 0.1) is 6.10 Å². The van der Waals surface area contributed by atoms with Crippen molar-refractivity contribution in [2.75, 3.05) is 6.54 Å². The summed E-state index contributed by atoms with van der Waals surface area (Å²) >= 11 is 1.67. The topological polar surface area (TPSA) is 49.3 Å². The Balaban J connectivity index is 2.11. The minimum absolute atomic E-state index is 0.0172. The second-order valence-corrected chi connectivity index (χ2v) is 4.86. The first kappa shape index (κ1) is 13.2. The Morgan fingerprint density at radius 3 is 3.06 bits per heavy atom. The number of hydrogen-bond donors (Lipinski definition) is 2. The fourth-order valence-electron chi connectivity index (χ4n) is 1.45. The maximum absolute atomic E-state index is 11.4. The Kier molecular flexibility index (Phi) is 6.11. The van der Waals surface area contributed by atoms with Crippen molar-refractivity contribution in [2.45, 2.75) is 38.7 Å². The van der Waals surface area contributed by atoms with Gasteiger partial charge in [0.15, 0.2) is 0 Å². The molecule has 2 N–H and O–H groups in total. The van der Waals surface area contributed by atoms with Gasteiger partial charge in [-0.2, -0.15) is 0 Å². The van der Waals surface area contributed by atoms with Crippen molar-refractivity contribution in [1.82, 2.24) is 5.32 Å². The van der Waals surface area contributed by atoms with E-state index in [4.69, 9.17) is 0 Å². The lowest BCUT2D eigenvalue weighted by atomic mass is 10.2. The van der Waals surface area contributed by atoms with E-state index >= 15 is 0 Å². The third-order valence-corrected chi connectivity index (χ3v) is 3.27. The molecule has 1 heterocycles. The number of carbonyl (C=O) groups is 1. The molecular formula is C12H19NO2S. The van der Waals surface area contributed by atoms with Crippen LogP contribution in [0.3, 0.4) is 0 Å². The van der Waals surface area contributed by atoms with Gasteiger partial charge in [0, 0.05) is 17.8 Å². The van der Waals surface area contributed by atoms with Gasteiger partial charge >= 0.3 is 0 Å². The maximum Gasteiger partial charge on any atom is 0.220 e. The molecule has 0 spiro atoms. The second kappa shape index (κ2) is 7.41. The van der Waals surface area contributed by atoms with Crippen LogP contribution < -0.4 is 5.32 Å². The molecule has 0 aliphatic carbocycles. The lowest BCUT2D eigenvalue weighted by molar-refractivity contribution is -0.121. The zero-order chi connectivity index (χ0) is 11.8. The minimum Gasteiger partial charge on any atom is -0.391 e. The molecule has 0 aliphatic heterocycles. The molecule has 0 saturated carbocycles. The van der Waals surface area contributed by atoms with Gasteiger partial charge in [0.1, 0.15) is 0 Å². The highest BCUT2D eigenvalue weighted by Gasteiger charge is 2.06. The van der Waals surface area contributed by atoms with Crippen LogP contribution >= 0.6 is 11.3 Å². The predicted octanol–water partition coefficient (Wildman–Crippen LogP) is 1.96. The largest absolute Gasteiger partial charge is 0.391 e. The molecule has 0 saturated heterocycles. The average molecular weight is 241 g/mol. The van der Waals surface area contributed by atoms with Gasteiger partial charge in [0.25, 0.3) is 0 Å². The standard InChI is InChI=1S/C12H19NO2S/c1-2-4-10(14)9-13-12(15)7-6-11-5-3-8-16-11/h3,5,8,10,14H,2,4,6-7,9H2,1H3,(H,13,15). The first-order chi connectivity index (χ1) is 7.72. The van der Waals surface area contributed by atoms with Gasteiger partial charge in [0.2, 0.25) is 5.91 Å². The summed E-state index contributed by atoms with van der Waals surface area (Å²) in [7, 11) is 0. The second-order valence-electron chi connectivity index (χ2n) is 3.83. The summed E-state index contributed by atoms with van der Waals surface area (Å²) < 4.78 is 0. The Labute approximate surface area is 100 Å². The number of carbonyl (C=O) groups excluding carboxylic acids is 1. The van der Waals surface area contributed by atoms with E-state index in [0.29, 0.717) is 13.0 Å². The SMILES string of the molecule is CCCC(O)CNC(=O)CCc1cccs1. The Hall–Kier alpha value is -0.870. The van der Waals surface area contributed by atoms with Crippen LogP contribution in [0, 0.1) is 0 Å². The third kappa shape index (κ3) is 5.28. The molecule has 0 radical (unpaired) electrons. The van der Waals surface area contributed by atoms with Gasteiger partial charge in [-0.3, -0.25) is 4.79 Å². The van der Waals surface area contributed by atoms with E-state index in [2.05, 4.69) is 5.32 Å². The van der Waals surface area contributed by atoms with Gasteiger partial charge in [-0.15, -0.1) is 11.3 Å². The highest BCUT2D eigenvalue weighted by atomic mass is 32.1. The molecule has 4 heteroatoms. The van der Waals surface area contributed by atoms with E-state index in [-0.39, 0.29) is 5.91 Å². The highest BCUT2D eigenvalue weighted by molar-refractivity contribution is 7.09. The smallest absolute Gasteiger partial charge is 0.220 e. The molecule has 1 amide bonds. The van der Waals surface area contributed by atoms with Crippen LogP contribution in [-0.2, 0) is 11.2 Å². The summed E-state index contributed by atoms with van der Waals surface area (Å²) in [6.45, 7) is 2.39. The Morgan fingerprint density at radius 1 is 1.62 bits per heavy atom. The van der Waals surface area contributed by atoms with Gasteiger partial charge in [-0.05, 0) is 24.3 Å². The van der Waals surface area contributed by atoms with E-state index < -0.39 is 6.10 Å². The zero-order valence-electron chi connectivity index (χ0n) is 9.61. The van der Waals surface area contributed by atoms with E-state index in [9.17, 15) is 9.90 Å².